The van der Waals surface area contributed by atoms with Crippen LogP contribution in [-0.2, 0) is 9.59 Å². The van der Waals surface area contributed by atoms with Gasteiger partial charge in [-0.25, -0.2) is 0 Å². The van der Waals surface area contributed by atoms with Gasteiger partial charge in [-0.15, -0.1) is 11.3 Å². The van der Waals surface area contributed by atoms with Gasteiger partial charge in [-0.2, -0.15) is 0 Å². The van der Waals surface area contributed by atoms with Crippen LogP contribution in [-0.4, -0.2) is 30.3 Å². The Morgan fingerprint density at radius 1 is 1.00 bits per heavy atom. The molecule has 3 amide bonds. The molecule has 6 nitrogen and oxygen atoms in total. The van der Waals surface area contributed by atoms with Gasteiger partial charge in [0.25, 0.3) is 5.91 Å². The Morgan fingerprint density at radius 2 is 1.74 bits per heavy atom. The molecular formula is C28H31N3O3S. The number of nitrogens with zero attached hydrogens (tertiary/aromatic N) is 1. The van der Waals surface area contributed by atoms with Crippen molar-refractivity contribution in [3.05, 3.63) is 87.6 Å². The van der Waals surface area contributed by atoms with Crippen LogP contribution in [0.25, 0.3) is 0 Å². The molecule has 1 aliphatic rings. The molecule has 0 saturated heterocycles. The van der Waals surface area contributed by atoms with E-state index in [2.05, 4.69) is 10.6 Å². The maximum Gasteiger partial charge on any atom is 0.261 e. The van der Waals surface area contributed by atoms with Crippen LogP contribution in [0.3, 0.4) is 0 Å². The molecule has 1 aromatic heterocycles. The van der Waals surface area contributed by atoms with Gasteiger partial charge in [-0.05, 0) is 55.3 Å². The summed E-state index contributed by atoms with van der Waals surface area (Å²) in [6.07, 6.45) is 4.08. The van der Waals surface area contributed by atoms with Crippen LogP contribution < -0.4 is 15.5 Å². The molecule has 1 heterocycles. The highest BCUT2D eigenvalue weighted by Gasteiger charge is 2.35. The first kappa shape index (κ1) is 24.7. The van der Waals surface area contributed by atoms with E-state index in [0.717, 1.165) is 42.4 Å². The van der Waals surface area contributed by atoms with Crippen LogP contribution in [0.1, 0.15) is 58.1 Å². The predicted octanol–water partition coefficient (Wildman–Crippen LogP) is 4.93. The van der Waals surface area contributed by atoms with E-state index in [1.165, 1.54) is 11.3 Å². The number of aryl methyl sites for hydroxylation is 2. The number of rotatable bonds is 8. The highest BCUT2D eigenvalue weighted by atomic mass is 32.1. The summed E-state index contributed by atoms with van der Waals surface area (Å²) in [5.74, 6) is -0.862. The van der Waals surface area contributed by atoms with E-state index in [1.807, 2.05) is 67.8 Å². The Hall–Kier alpha value is -3.45. The number of carbonyl (C=O) groups excluding carboxylic acids is 3. The van der Waals surface area contributed by atoms with Crippen molar-refractivity contribution in [3.63, 3.8) is 0 Å². The SMILES string of the molecule is Cc1ccc(N(C(=O)CNC(=O)c2cccs2)[C@H](C(=O)NC2CCCC2)c2ccccc2)c(C)c1. The minimum Gasteiger partial charge on any atom is -0.351 e. The number of benzene rings is 2. The van der Waals surface area contributed by atoms with Crippen molar-refractivity contribution < 1.29 is 14.4 Å². The summed E-state index contributed by atoms with van der Waals surface area (Å²) in [6.45, 7) is 3.71. The van der Waals surface area contributed by atoms with Crippen LogP contribution >= 0.6 is 11.3 Å². The number of hydrogen-bond donors (Lipinski definition) is 2. The lowest BCUT2D eigenvalue weighted by atomic mass is 10.0. The summed E-state index contributed by atoms with van der Waals surface area (Å²) in [7, 11) is 0. The molecular weight excluding hydrogens is 458 g/mol. The average Bonchev–Trinajstić information content (AvgIpc) is 3.56. The maximum atomic E-state index is 13.7. The topological polar surface area (TPSA) is 78.5 Å². The number of anilines is 1. The molecule has 7 heteroatoms. The van der Waals surface area contributed by atoms with Crippen molar-refractivity contribution in [3.8, 4) is 0 Å². The van der Waals surface area contributed by atoms with Crippen LogP contribution in [0.15, 0.2) is 66.0 Å². The third-order valence-corrected chi connectivity index (χ3v) is 7.22. The molecule has 2 aromatic carbocycles. The third-order valence-electron chi connectivity index (χ3n) is 6.35. The Kier molecular flexibility index (Phi) is 7.98. The molecule has 2 N–H and O–H groups in total. The monoisotopic (exact) mass is 489 g/mol. The summed E-state index contributed by atoms with van der Waals surface area (Å²) in [6, 6.07) is 17.9. The van der Waals surface area contributed by atoms with Gasteiger partial charge >= 0.3 is 0 Å². The van der Waals surface area contributed by atoms with Crippen LogP contribution in [0.5, 0.6) is 0 Å². The minimum absolute atomic E-state index is 0.114. The molecule has 4 rings (SSSR count). The summed E-state index contributed by atoms with van der Waals surface area (Å²) >= 11 is 1.32. The van der Waals surface area contributed by atoms with Crippen molar-refractivity contribution in [1.29, 1.82) is 0 Å². The molecule has 3 aromatic rings. The van der Waals surface area contributed by atoms with Gasteiger partial charge in [0.2, 0.25) is 11.8 Å². The number of thiophene rings is 1. The molecule has 35 heavy (non-hydrogen) atoms. The summed E-state index contributed by atoms with van der Waals surface area (Å²) in [5.41, 5.74) is 3.33. The Balaban J connectivity index is 1.69. The molecule has 0 bridgehead atoms. The molecule has 0 unspecified atom stereocenters. The Labute approximate surface area is 210 Å². The van der Waals surface area contributed by atoms with Crippen molar-refractivity contribution in [2.24, 2.45) is 0 Å². The Morgan fingerprint density at radius 3 is 2.40 bits per heavy atom. The first-order chi connectivity index (χ1) is 16.9. The maximum absolute atomic E-state index is 13.7. The zero-order valence-electron chi connectivity index (χ0n) is 20.1. The lowest BCUT2D eigenvalue weighted by molar-refractivity contribution is -0.126. The molecule has 1 fully saturated rings. The van der Waals surface area contributed by atoms with Crippen molar-refractivity contribution in [2.75, 3.05) is 11.4 Å². The molecule has 0 radical (unpaired) electrons. The third kappa shape index (κ3) is 5.98. The summed E-state index contributed by atoms with van der Waals surface area (Å²) in [4.78, 5) is 42.1. The highest BCUT2D eigenvalue weighted by Crippen LogP contribution is 2.32. The smallest absolute Gasteiger partial charge is 0.261 e. The van der Waals surface area contributed by atoms with Gasteiger partial charge in [0, 0.05) is 11.7 Å². The largest absolute Gasteiger partial charge is 0.351 e. The van der Waals surface area contributed by atoms with E-state index >= 15 is 0 Å². The van der Waals surface area contributed by atoms with Crippen LogP contribution in [0.4, 0.5) is 5.69 Å². The van der Waals surface area contributed by atoms with E-state index in [1.54, 1.807) is 17.0 Å². The first-order valence-electron chi connectivity index (χ1n) is 12.0. The number of hydrogen-bond acceptors (Lipinski definition) is 4. The molecule has 0 spiro atoms. The first-order valence-corrected chi connectivity index (χ1v) is 12.9. The fourth-order valence-corrected chi connectivity index (χ4v) is 5.27. The zero-order valence-corrected chi connectivity index (χ0v) is 20.9. The molecule has 182 valence electrons. The second-order valence-corrected chi connectivity index (χ2v) is 9.96. The second kappa shape index (κ2) is 11.3. The van der Waals surface area contributed by atoms with Gasteiger partial charge in [0.05, 0.1) is 11.4 Å². The molecule has 1 saturated carbocycles. The van der Waals surface area contributed by atoms with Gasteiger partial charge in [-0.1, -0.05) is 66.9 Å². The van der Waals surface area contributed by atoms with Gasteiger partial charge in [0.1, 0.15) is 6.04 Å². The van der Waals surface area contributed by atoms with E-state index in [4.69, 9.17) is 0 Å². The summed E-state index contributed by atoms with van der Waals surface area (Å²) in [5, 5.41) is 7.73. The van der Waals surface area contributed by atoms with Crippen molar-refractivity contribution in [2.45, 2.75) is 51.6 Å². The lowest BCUT2D eigenvalue weighted by Gasteiger charge is -2.33. The normalized spacial score (nSPS) is 14.3. The van der Waals surface area contributed by atoms with Crippen molar-refractivity contribution in [1.82, 2.24) is 10.6 Å². The molecule has 1 aliphatic carbocycles. The fourth-order valence-electron chi connectivity index (χ4n) is 4.63. The van der Waals surface area contributed by atoms with Crippen LogP contribution in [0.2, 0.25) is 0 Å². The number of carbonyl (C=O) groups is 3. The zero-order chi connectivity index (χ0) is 24.8. The molecule has 0 aliphatic heterocycles. The lowest BCUT2D eigenvalue weighted by Crippen LogP contribution is -2.49. The van der Waals surface area contributed by atoms with E-state index < -0.39 is 6.04 Å². The highest BCUT2D eigenvalue weighted by molar-refractivity contribution is 7.12. The van der Waals surface area contributed by atoms with Crippen molar-refractivity contribution >= 4 is 34.7 Å². The standard InChI is InChI=1S/C28H31N3O3S/c1-19-14-15-23(20(2)17-19)31(25(32)18-29-27(33)24-13-8-16-35-24)26(21-9-4-3-5-10-21)28(34)30-22-11-6-7-12-22/h3-5,8-10,13-17,22,26H,6-7,11-12,18H2,1-2H3,(H,29,33)(H,30,34)/t26-/m0/s1. The van der Waals surface area contributed by atoms with E-state index in [9.17, 15) is 14.4 Å². The van der Waals surface area contributed by atoms with E-state index in [-0.39, 0.29) is 30.3 Å². The van der Waals surface area contributed by atoms with Crippen LogP contribution in [0, 0.1) is 13.8 Å². The minimum atomic E-state index is -0.857. The second-order valence-electron chi connectivity index (χ2n) is 9.02. The molecule has 1 atom stereocenters. The number of amides is 3. The summed E-state index contributed by atoms with van der Waals surface area (Å²) < 4.78 is 0. The van der Waals surface area contributed by atoms with Gasteiger partial charge < -0.3 is 10.6 Å². The Bertz CT molecular complexity index is 1170. The van der Waals surface area contributed by atoms with Gasteiger partial charge in [-0.3, -0.25) is 19.3 Å². The fraction of sp³-hybridized carbons (Fsp3) is 0.321. The average molecular weight is 490 g/mol. The van der Waals surface area contributed by atoms with Gasteiger partial charge in [0.15, 0.2) is 0 Å². The van der Waals surface area contributed by atoms with E-state index in [0.29, 0.717) is 10.6 Å². The predicted molar refractivity (Wildman–Crippen MR) is 140 cm³/mol. The quantitative estimate of drug-likeness (QED) is 0.471. The number of nitrogens with one attached hydrogen (secondary N) is 2.